The number of anilines is 1. The lowest BCUT2D eigenvalue weighted by Crippen LogP contribution is -2.36. The third-order valence-electron chi connectivity index (χ3n) is 2.89. The molecule has 0 aliphatic rings. The van der Waals surface area contributed by atoms with Crippen LogP contribution in [0, 0.1) is 0 Å². The number of nitrogens with zero attached hydrogens (tertiary/aromatic N) is 2. The van der Waals surface area contributed by atoms with Crippen LogP contribution in [0.5, 0.6) is 0 Å². The van der Waals surface area contributed by atoms with Gasteiger partial charge >= 0.3 is 6.18 Å². The quantitative estimate of drug-likeness (QED) is 0.802. The predicted molar refractivity (Wildman–Crippen MR) is 73.4 cm³/mol. The van der Waals surface area contributed by atoms with Crippen LogP contribution in [-0.2, 0) is 17.5 Å². The molecule has 0 aromatic carbocycles. The fraction of sp³-hybridized carbons (Fsp3) is 0.538. The smallest absolute Gasteiger partial charge is 0.368 e. The number of primary amides is 1. The summed E-state index contributed by atoms with van der Waals surface area (Å²) in [7, 11) is 0. The molecule has 0 spiro atoms. The van der Waals surface area contributed by atoms with Crippen molar-refractivity contribution in [3.8, 4) is 0 Å². The minimum absolute atomic E-state index is 0.0296. The Bertz CT molecular complexity index is 491. The molecule has 8 heteroatoms. The summed E-state index contributed by atoms with van der Waals surface area (Å²) in [5.74, 6) is -0.562. The molecule has 0 atom stereocenters. The van der Waals surface area contributed by atoms with E-state index in [1.807, 2.05) is 6.92 Å². The summed E-state index contributed by atoms with van der Waals surface area (Å²) in [4.78, 5) is 16.2. The van der Waals surface area contributed by atoms with Crippen LogP contribution in [-0.4, -0.2) is 24.0 Å². The van der Waals surface area contributed by atoms with Gasteiger partial charge in [0.2, 0.25) is 5.91 Å². The number of amides is 1. The van der Waals surface area contributed by atoms with E-state index in [4.69, 9.17) is 11.5 Å². The van der Waals surface area contributed by atoms with Crippen LogP contribution >= 0.6 is 0 Å². The van der Waals surface area contributed by atoms with Crippen molar-refractivity contribution in [2.24, 2.45) is 11.5 Å². The Morgan fingerprint density at radius 3 is 2.52 bits per heavy atom. The fourth-order valence-electron chi connectivity index (χ4n) is 1.87. The molecule has 21 heavy (non-hydrogen) atoms. The van der Waals surface area contributed by atoms with Crippen LogP contribution in [0.4, 0.5) is 19.0 Å². The second-order valence-corrected chi connectivity index (χ2v) is 4.62. The van der Waals surface area contributed by atoms with E-state index < -0.39 is 17.8 Å². The molecule has 118 valence electrons. The number of rotatable bonds is 7. The van der Waals surface area contributed by atoms with Gasteiger partial charge in [-0.2, -0.15) is 13.2 Å². The monoisotopic (exact) mass is 304 g/mol. The normalized spacial score (nSPS) is 11.5. The third-order valence-corrected chi connectivity index (χ3v) is 2.89. The predicted octanol–water partition coefficient (Wildman–Crippen LogP) is 1.65. The standard InChI is InChI=1S/C13H19F3N4O/c1-2-3-6-20(8-11(18)21)12-9(7-17)4-5-10(19-12)13(14,15)16/h4-5H,2-3,6-8,17H2,1H3,(H2,18,21). The molecule has 0 saturated heterocycles. The van der Waals surface area contributed by atoms with Crippen LogP contribution < -0.4 is 16.4 Å². The van der Waals surface area contributed by atoms with Gasteiger partial charge in [0.05, 0.1) is 6.54 Å². The first kappa shape index (κ1) is 17.2. The van der Waals surface area contributed by atoms with E-state index in [-0.39, 0.29) is 18.9 Å². The van der Waals surface area contributed by atoms with Crippen molar-refractivity contribution >= 4 is 11.7 Å². The Morgan fingerprint density at radius 2 is 2.05 bits per heavy atom. The Kier molecular flexibility index (Phi) is 5.95. The highest BCUT2D eigenvalue weighted by molar-refractivity contribution is 5.79. The van der Waals surface area contributed by atoms with Crippen molar-refractivity contribution in [3.63, 3.8) is 0 Å². The van der Waals surface area contributed by atoms with E-state index in [9.17, 15) is 18.0 Å². The van der Waals surface area contributed by atoms with E-state index >= 15 is 0 Å². The van der Waals surface area contributed by atoms with Crippen LogP contribution in [0.25, 0.3) is 0 Å². The van der Waals surface area contributed by atoms with Crippen LogP contribution in [0.2, 0.25) is 0 Å². The van der Waals surface area contributed by atoms with E-state index in [2.05, 4.69) is 4.98 Å². The zero-order chi connectivity index (χ0) is 16.0. The van der Waals surface area contributed by atoms with Crippen LogP contribution in [0.15, 0.2) is 12.1 Å². The lowest BCUT2D eigenvalue weighted by Gasteiger charge is -2.25. The maximum atomic E-state index is 12.8. The highest BCUT2D eigenvalue weighted by Gasteiger charge is 2.33. The summed E-state index contributed by atoms with van der Waals surface area (Å²) >= 11 is 0. The minimum Gasteiger partial charge on any atom is -0.368 e. The minimum atomic E-state index is -4.55. The summed E-state index contributed by atoms with van der Waals surface area (Å²) < 4.78 is 38.3. The average Bonchev–Trinajstić information content (AvgIpc) is 2.41. The summed E-state index contributed by atoms with van der Waals surface area (Å²) in [6.07, 6.45) is -3.02. The summed E-state index contributed by atoms with van der Waals surface area (Å²) in [5, 5.41) is 0. The number of aromatic nitrogens is 1. The Morgan fingerprint density at radius 1 is 1.38 bits per heavy atom. The molecule has 1 amide bonds. The number of pyridine rings is 1. The van der Waals surface area contributed by atoms with Crippen molar-refractivity contribution in [1.29, 1.82) is 0 Å². The Hall–Kier alpha value is -1.83. The number of halogens is 3. The maximum absolute atomic E-state index is 12.8. The van der Waals surface area contributed by atoms with Gasteiger partial charge in [-0.1, -0.05) is 19.4 Å². The fourth-order valence-corrected chi connectivity index (χ4v) is 1.87. The SMILES string of the molecule is CCCCN(CC(N)=O)c1nc(C(F)(F)F)ccc1CN. The molecular weight excluding hydrogens is 285 g/mol. The molecule has 1 rings (SSSR count). The second kappa shape index (κ2) is 7.26. The van der Waals surface area contributed by atoms with E-state index in [1.54, 1.807) is 0 Å². The van der Waals surface area contributed by atoms with Gasteiger partial charge in [0.15, 0.2) is 0 Å². The van der Waals surface area contributed by atoms with Crippen molar-refractivity contribution in [2.45, 2.75) is 32.5 Å². The number of nitrogens with two attached hydrogens (primary N) is 2. The first-order valence-electron chi connectivity index (χ1n) is 6.60. The lowest BCUT2D eigenvalue weighted by atomic mass is 10.2. The summed E-state index contributed by atoms with van der Waals surface area (Å²) in [6, 6.07) is 2.17. The zero-order valence-electron chi connectivity index (χ0n) is 11.8. The number of hydrogen-bond donors (Lipinski definition) is 2. The van der Waals surface area contributed by atoms with Crippen molar-refractivity contribution in [3.05, 3.63) is 23.4 Å². The van der Waals surface area contributed by atoms with Crippen LogP contribution in [0.1, 0.15) is 31.0 Å². The molecule has 4 N–H and O–H groups in total. The molecule has 0 saturated carbocycles. The maximum Gasteiger partial charge on any atom is 0.433 e. The first-order valence-corrected chi connectivity index (χ1v) is 6.60. The summed E-state index contributed by atoms with van der Waals surface area (Å²) in [5.41, 5.74) is 10.1. The highest BCUT2D eigenvalue weighted by Crippen LogP contribution is 2.30. The van der Waals surface area contributed by atoms with Gasteiger partial charge in [-0.15, -0.1) is 0 Å². The molecule has 0 unspecified atom stereocenters. The van der Waals surface area contributed by atoms with Gasteiger partial charge in [-0.05, 0) is 12.5 Å². The summed E-state index contributed by atoms with van der Waals surface area (Å²) in [6.45, 7) is 2.16. The van der Waals surface area contributed by atoms with Crippen LogP contribution in [0.3, 0.4) is 0 Å². The first-order chi connectivity index (χ1) is 9.79. The lowest BCUT2D eigenvalue weighted by molar-refractivity contribution is -0.141. The average molecular weight is 304 g/mol. The molecule has 0 aliphatic heterocycles. The topological polar surface area (TPSA) is 85.2 Å². The highest BCUT2D eigenvalue weighted by atomic mass is 19.4. The Labute approximate surface area is 121 Å². The third kappa shape index (κ3) is 4.89. The number of alkyl halides is 3. The largest absolute Gasteiger partial charge is 0.433 e. The van der Waals surface area contributed by atoms with Gasteiger partial charge in [0.1, 0.15) is 11.5 Å². The van der Waals surface area contributed by atoms with Gasteiger partial charge in [-0.3, -0.25) is 4.79 Å². The van der Waals surface area contributed by atoms with Gasteiger partial charge < -0.3 is 16.4 Å². The molecule has 1 heterocycles. The number of unbranched alkanes of at least 4 members (excludes halogenated alkanes) is 1. The van der Waals surface area contributed by atoms with Crippen molar-refractivity contribution in [1.82, 2.24) is 4.98 Å². The second-order valence-electron chi connectivity index (χ2n) is 4.62. The molecule has 0 radical (unpaired) electrons. The molecular formula is C13H19F3N4O. The molecule has 0 aliphatic carbocycles. The van der Waals surface area contributed by atoms with Crippen molar-refractivity contribution in [2.75, 3.05) is 18.0 Å². The van der Waals surface area contributed by atoms with E-state index in [0.717, 1.165) is 12.5 Å². The number of carbonyl (C=O) groups excluding carboxylic acids is 1. The van der Waals surface area contributed by atoms with Gasteiger partial charge in [0, 0.05) is 18.7 Å². The Balaban J connectivity index is 3.22. The van der Waals surface area contributed by atoms with Crippen molar-refractivity contribution < 1.29 is 18.0 Å². The molecule has 5 nitrogen and oxygen atoms in total. The molecule has 0 fully saturated rings. The number of hydrogen-bond acceptors (Lipinski definition) is 4. The van der Waals surface area contributed by atoms with Gasteiger partial charge in [0.25, 0.3) is 0 Å². The number of carbonyl (C=O) groups is 1. The molecule has 1 aromatic heterocycles. The van der Waals surface area contributed by atoms with Gasteiger partial charge in [-0.25, -0.2) is 4.98 Å². The van der Waals surface area contributed by atoms with E-state index in [0.29, 0.717) is 18.5 Å². The zero-order valence-corrected chi connectivity index (χ0v) is 11.8. The molecule has 0 bridgehead atoms. The molecule has 1 aromatic rings. The van der Waals surface area contributed by atoms with E-state index in [1.165, 1.54) is 11.0 Å².